The largest absolute Gasteiger partial charge is 0.477 e. The monoisotopic (exact) mass is 1380 g/mol. The lowest BCUT2D eigenvalue weighted by Crippen LogP contribution is -2.70. The third-order valence-electron chi connectivity index (χ3n) is 19.8. The smallest absolute Gasteiger partial charge is 0.364 e. The maximum atomic E-state index is 13.5. The second-order valence-electron chi connectivity index (χ2n) is 28.2. The molecule has 3 aliphatic rings. The van der Waals surface area contributed by atoms with Gasteiger partial charge in [-0.1, -0.05) is 277 Å². The van der Waals surface area contributed by atoms with Gasteiger partial charge >= 0.3 is 5.97 Å². The van der Waals surface area contributed by atoms with E-state index in [1.165, 1.54) is 212 Å². The van der Waals surface area contributed by atoms with Crippen LogP contribution in [0.4, 0.5) is 0 Å². The number of hydrogen-bond acceptors (Lipinski definition) is 20. The number of ether oxygens (including phenoxy) is 6. The second-order valence-corrected chi connectivity index (χ2v) is 28.2. The third kappa shape index (κ3) is 34.6. The van der Waals surface area contributed by atoms with Crippen LogP contribution in [0.1, 0.15) is 310 Å². The number of rotatable bonds is 60. The average Bonchev–Trinajstić information content (AvgIpc) is 0.760. The molecule has 3 aliphatic heterocycles. The summed E-state index contributed by atoms with van der Waals surface area (Å²) in [5.41, 5.74) is 0. The molecule has 0 radical (unpaired) electrons. The molecule has 0 aromatic heterocycles. The van der Waals surface area contributed by atoms with Crippen molar-refractivity contribution in [3.8, 4) is 0 Å². The van der Waals surface area contributed by atoms with E-state index in [4.69, 9.17) is 28.4 Å². The van der Waals surface area contributed by atoms with E-state index in [9.17, 15) is 75.7 Å². The van der Waals surface area contributed by atoms with Gasteiger partial charge in [0.2, 0.25) is 11.8 Å². The zero-order valence-corrected chi connectivity index (χ0v) is 59.5. The van der Waals surface area contributed by atoms with Crippen molar-refractivity contribution in [2.45, 2.75) is 420 Å². The van der Waals surface area contributed by atoms with E-state index in [1.807, 2.05) is 0 Å². The minimum absolute atomic E-state index is 0.229. The Morgan fingerprint density at radius 2 is 0.906 bits per heavy atom. The van der Waals surface area contributed by atoms with Gasteiger partial charge in [-0.25, -0.2) is 4.79 Å². The van der Waals surface area contributed by atoms with Crippen LogP contribution in [0.5, 0.6) is 0 Å². The predicted octanol–water partition coefficient (Wildman–Crippen LogP) is 8.85. The first-order chi connectivity index (χ1) is 46.4. The van der Waals surface area contributed by atoms with E-state index in [-0.39, 0.29) is 18.9 Å². The van der Waals surface area contributed by atoms with Crippen LogP contribution in [-0.4, -0.2) is 215 Å². The molecule has 96 heavy (non-hydrogen) atoms. The Labute approximate surface area is 576 Å². The zero-order valence-electron chi connectivity index (χ0n) is 59.5. The predicted molar refractivity (Wildman–Crippen MR) is 366 cm³/mol. The summed E-state index contributed by atoms with van der Waals surface area (Å²) in [5, 5.41) is 136. The van der Waals surface area contributed by atoms with Crippen LogP contribution in [0.25, 0.3) is 0 Å². The topological polar surface area (TPSA) is 373 Å². The molecule has 0 aromatic carbocycles. The quantitative estimate of drug-likeness (QED) is 0.0253. The van der Waals surface area contributed by atoms with Gasteiger partial charge in [0.1, 0.15) is 67.1 Å². The first-order valence-corrected chi connectivity index (χ1v) is 38.4. The summed E-state index contributed by atoms with van der Waals surface area (Å²) in [6, 6.07) is -2.52. The van der Waals surface area contributed by atoms with Crippen molar-refractivity contribution >= 4 is 17.8 Å². The molecule has 3 saturated heterocycles. The lowest BCUT2D eigenvalue weighted by molar-refractivity contribution is -0.386. The lowest BCUT2D eigenvalue weighted by atomic mass is 9.88. The summed E-state index contributed by atoms with van der Waals surface area (Å²) < 4.78 is 34.8. The van der Waals surface area contributed by atoms with Crippen LogP contribution >= 0.6 is 0 Å². The van der Waals surface area contributed by atoms with E-state index in [0.29, 0.717) is 19.3 Å². The molecule has 3 fully saturated rings. The van der Waals surface area contributed by atoms with Gasteiger partial charge in [-0.05, 0) is 12.8 Å². The van der Waals surface area contributed by atoms with Crippen LogP contribution in [0, 0.1) is 0 Å². The highest BCUT2D eigenvalue weighted by Crippen LogP contribution is 2.39. The van der Waals surface area contributed by atoms with Crippen molar-refractivity contribution in [3.63, 3.8) is 0 Å². The normalized spacial score (nSPS) is 27.5. The summed E-state index contributed by atoms with van der Waals surface area (Å²) >= 11 is 0. The molecule has 0 aromatic rings. The molecular formula is C73H138N2O21. The standard InChI is InChI=1S/C73H138N2O21/c1-4-6-8-10-12-14-16-17-18-19-20-21-22-23-24-25-26-27-28-29-30-31-32-33-34-35-36-37-39-41-43-45-47-60(83)75-54(55(80)46-44-42-40-38-15-13-11-9-7-5-2)52-91-70-65(87)64(86)67(59(51-78)93-70)94-71-66(88)69(63(85)58(50-77)92-71)96-73(72(89)90)48-56(81)61(74-53(3)79)68(95-73)62(84)57(82)49-76/h54-59,61-71,76-78,80-82,84-88H,4-52H2,1-3H3,(H,74,79)(H,75,83)(H,89,90). The van der Waals surface area contributed by atoms with Gasteiger partial charge in [0.15, 0.2) is 12.6 Å². The van der Waals surface area contributed by atoms with Crippen LogP contribution in [0.3, 0.4) is 0 Å². The minimum Gasteiger partial charge on any atom is -0.477 e. The highest BCUT2D eigenvalue weighted by atomic mass is 16.8. The molecule has 14 N–H and O–H groups in total. The van der Waals surface area contributed by atoms with Crippen molar-refractivity contribution < 1.29 is 104 Å². The van der Waals surface area contributed by atoms with Crippen LogP contribution in [-0.2, 0) is 42.8 Å². The number of carboxylic acid groups (broad SMARTS) is 1. The zero-order chi connectivity index (χ0) is 70.4. The van der Waals surface area contributed by atoms with E-state index in [2.05, 4.69) is 24.5 Å². The van der Waals surface area contributed by atoms with E-state index in [0.717, 1.165) is 51.9 Å². The molecule has 3 rings (SSSR count). The number of unbranched alkanes of at least 4 members (excludes halogenated alkanes) is 40. The van der Waals surface area contributed by atoms with Crippen molar-refractivity contribution in [1.29, 1.82) is 0 Å². The highest BCUT2D eigenvalue weighted by molar-refractivity contribution is 5.77. The molecule has 18 unspecified atom stereocenters. The van der Waals surface area contributed by atoms with Crippen LogP contribution in [0.15, 0.2) is 0 Å². The molecule has 3 heterocycles. The molecule has 0 spiro atoms. The summed E-state index contributed by atoms with van der Waals surface area (Å²) in [4.78, 5) is 38.6. The van der Waals surface area contributed by atoms with Gasteiger partial charge in [-0.15, -0.1) is 0 Å². The number of carboxylic acids is 1. The fourth-order valence-electron chi connectivity index (χ4n) is 13.7. The molecule has 23 heteroatoms. The maximum Gasteiger partial charge on any atom is 0.364 e. The number of carbonyl (C=O) groups excluding carboxylic acids is 2. The van der Waals surface area contributed by atoms with E-state index >= 15 is 0 Å². The highest BCUT2D eigenvalue weighted by Gasteiger charge is 2.60. The second kappa shape index (κ2) is 53.5. The summed E-state index contributed by atoms with van der Waals surface area (Å²) in [7, 11) is 0. The van der Waals surface area contributed by atoms with Crippen molar-refractivity contribution in [1.82, 2.24) is 10.6 Å². The van der Waals surface area contributed by atoms with Gasteiger partial charge in [-0.3, -0.25) is 9.59 Å². The van der Waals surface area contributed by atoms with Gasteiger partial charge in [0, 0.05) is 19.8 Å². The van der Waals surface area contributed by atoms with Gasteiger partial charge < -0.3 is 100 Å². The summed E-state index contributed by atoms with van der Waals surface area (Å²) in [5.74, 6) is -6.09. The van der Waals surface area contributed by atoms with Gasteiger partial charge in [0.25, 0.3) is 5.79 Å². The minimum atomic E-state index is -3.08. The Bertz CT molecular complexity index is 1930. The Kier molecular flexibility index (Phi) is 49.0. The molecule has 18 atom stereocenters. The molecule has 0 saturated carbocycles. The van der Waals surface area contributed by atoms with E-state index in [1.54, 1.807) is 0 Å². The lowest BCUT2D eigenvalue weighted by Gasteiger charge is -2.50. The molecule has 0 aliphatic carbocycles. The number of aliphatic hydroxyl groups excluding tert-OH is 11. The van der Waals surface area contributed by atoms with Crippen molar-refractivity contribution in [2.75, 3.05) is 26.4 Å². The molecule has 23 nitrogen and oxygen atoms in total. The van der Waals surface area contributed by atoms with Gasteiger partial charge in [-0.2, -0.15) is 0 Å². The summed E-state index contributed by atoms with van der Waals surface area (Å²) in [6.45, 7) is 2.21. The summed E-state index contributed by atoms with van der Waals surface area (Å²) in [6.07, 6.45) is 24.4. The first-order valence-electron chi connectivity index (χ1n) is 38.4. The number of aliphatic carboxylic acids is 1. The van der Waals surface area contributed by atoms with Crippen molar-refractivity contribution in [3.05, 3.63) is 0 Å². The van der Waals surface area contributed by atoms with Crippen molar-refractivity contribution in [2.24, 2.45) is 0 Å². The maximum absolute atomic E-state index is 13.5. The first kappa shape index (κ1) is 87.9. The van der Waals surface area contributed by atoms with Crippen LogP contribution < -0.4 is 10.6 Å². The SMILES string of the molecule is CCCCCCCCCCCCCCCCCCCCCCCCCCCCCCCCCCC(=O)NC(COC1OC(CO)C(OC2OC(CO)C(O)C(OC3(C(=O)O)CC(O)C(NC(C)=O)C(C(O)C(O)CO)O3)C2O)C(O)C1O)C(O)CCCCCCCCCCCC. The molecule has 2 amide bonds. The number of hydrogen-bond donors (Lipinski definition) is 14. The Morgan fingerprint density at radius 1 is 0.500 bits per heavy atom. The Balaban J connectivity index is 1.43. The van der Waals surface area contributed by atoms with E-state index < -0.39 is 148 Å². The fourth-order valence-corrected chi connectivity index (χ4v) is 13.7. The average molecular weight is 1380 g/mol. The number of nitrogens with one attached hydrogen (secondary N) is 2. The Hall–Kier alpha value is -2.27. The Morgan fingerprint density at radius 3 is 1.30 bits per heavy atom. The van der Waals surface area contributed by atoms with Gasteiger partial charge in [0.05, 0.1) is 50.7 Å². The third-order valence-corrected chi connectivity index (χ3v) is 19.8. The number of aliphatic hydroxyl groups is 11. The number of amides is 2. The van der Waals surface area contributed by atoms with Crippen LogP contribution in [0.2, 0.25) is 0 Å². The molecule has 566 valence electrons. The fraction of sp³-hybridized carbons (Fsp3) is 0.959. The molecule has 0 bridgehead atoms. The molecular weight excluding hydrogens is 1240 g/mol. The number of carbonyl (C=O) groups is 3.